The Balaban J connectivity index is 1.61. The maximum atomic E-state index is 12.3. The molecule has 1 heterocycles. The molecule has 2 aromatic rings. The van der Waals surface area contributed by atoms with E-state index in [9.17, 15) is 13.2 Å². The Morgan fingerprint density at radius 3 is 2.40 bits per heavy atom. The zero-order chi connectivity index (χ0) is 17.9. The van der Waals surface area contributed by atoms with Crippen LogP contribution in [0.15, 0.2) is 54.6 Å². The number of sulfonamides is 1. The fraction of sp³-hybridized carbons (Fsp3) is 0.316. The fourth-order valence-electron chi connectivity index (χ4n) is 2.96. The summed E-state index contributed by atoms with van der Waals surface area (Å²) >= 11 is 0. The summed E-state index contributed by atoms with van der Waals surface area (Å²) in [6.07, 6.45) is 0.641. The van der Waals surface area contributed by atoms with Crippen molar-refractivity contribution in [3.8, 4) is 0 Å². The van der Waals surface area contributed by atoms with Gasteiger partial charge in [-0.25, -0.2) is 8.42 Å². The minimum Gasteiger partial charge on any atom is -0.351 e. The van der Waals surface area contributed by atoms with E-state index in [0.29, 0.717) is 30.8 Å². The van der Waals surface area contributed by atoms with E-state index >= 15 is 0 Å². The largest absolute Gasteiger partial charge is 0.351 e. The molecule has 1 aliphatic heterocycles. The quantitative estimate of drug-likeness (QED) is 0.894. The number of hydrogen-bond donors (Lipinski definition) is 1. The average molecular weight is 358 g/mol. The lowest BCUT2D eigenvalue weighted by atomic mass is 10.0. The summed E-state index contributed by atoms with van der Waals surface area (Å²) in [7, 11) is -3.19. The van der Waals surface area contributed by atoms with E-state index in [4.69, 9.17) is 0 Å². The number of carbonyl (C=O) groups excluding carboxylic acids is 1. The molecule has 1 aliphatic rings. The normalized spacial score (nSPS) is 17.2. The Labute approximate surface area is 148 Å². The molecule has 1 amide bonds. The van der Waals surface area contributed by atoms with Gasteiger partial charge in [-0.1, -0.05) is 37.3 Å². The maximum absolute atomic E-state index is 12.3. The molecular formula is C19H22N2O3S. The summed E-state index contributed by atoms with van der Waals surface area (Å²) in [6.45, 7) is 3.12. The van der Waals surface area contributed by atoms with Crippen molar-refractivity contribution in [2.45, 2.75) is 19.3 Å². The van der Waals surface area contributed by atoms with Crippen molar-refractivity contribution >= 4 is 21.6 Å². The van der Waals surface area contributed by atoms with Gasteiger partial charge in [0.2, 0.25) is 10.0 Å². The molecule has 0 unspecified atom stereocenters. The molecule has 3 rings (SSSR count). The first-order chi connectivity index (χ1) is 12.0. The molecule has 1 atom stereocenters. The molecule has 25 heavy (non-hydrogen) atoms. The van der Waals surface area contributed by atoms with Gasteiger partial charge in [0.05, 0.1) is 11.4 Å². The average Bonchev–Trinajstić information content (AvgIpc) is 2.99. The van der Waals surface area contributed by atoms with Crippen LogP contribution in [0.1, 0.15) is 35.2 Å². The molecular weight excluding hydrogens is 336 g/mol. The number of nitrogens with one attached hydrogen (secondary N) is 1. The number of carbonyl (C=O) groups is 1. The molecule has 1 saturated heterocycles. The predicted molar refractivity (Wildman–Crippen MR) is 99.4 cm³/mol. The lowest BCUT2D eigenvalue weighted by molar-refractivity contribution is 0.0951. The number of hydrogen-bond acceptors (Lipinski definition) is 3. The second-order valence-corrected chi connectivity index (χ2v) is 8.32. The molecule has 0 radical (unpaired) electrons. The number of benzene rings is 2. The number of nitrogens with zero attached hydrogens (tertiary/aromatic N) is 1. The molecule has 5 nitrogen and oxygen atoms in total. The van der Waals surface area contributed by atoms with Gasteiger partial charge in [-0.15, -0.1) is 0 Å². The number of amides is 1. The van der Waals surface area contributed by atoms with Gasteiger partial charge in [-0.3, -0.25) is 9.10 Å². The van der Waals surface area contributed by atoms with Crippen LogP contribution < -0.4 is 9.62 Å². The van der Waals surface area contributed by atoms with Crippen molar-refractivity contribution in [3.63, 3.8) is 0 Å². The summed E-state index contributed by atoms with van der Waals surface area (Å²) in [5.74, 6) is 0.255. The second-order valence-electron chi connectivity index (χ2n) is 6.31. The summed E-state index contributed by atoms with van der Waals surface area (Å²) in [4.78, 5) is 12.3. The van der Waals surface area contributed by atoms with Crippen LogP contribution in [0.5, 0.6) is 0 Å². The second kappa shape index (κ2) is 7.27. The van der Waals surface area contributed by atoms with E-state index in [1.165, 1.54) is 9.87 Å². The van der Waals surface area contributed by atoms with Crippen molar-refractivity contribution in [2.75, 3.05) is 23.1 Å². The number of anilines is 1. The fourth-order valence-corrected chi connectivity index (χ4v) is 4.52. The van der Waals surface area contributed by atoms with Crippen LogP contribution in [0.4, 0.5) is 5.69 Å². The monoisotopic (exact) mass is 358 g/mol. The van der Waals surface area contributed by atoms with Crippen molar-refractivity contribution in [1.29, 1.82) is 0 Å². The Morgan fingerprint density at radius 2 is 1.80 bits per heavy atom. The minimum atomic E-state index is -3.19. The Bertz CT molecular complexity index is 833. The van der Waals surface area contributed by atoms with Crippen molar-refractivity contribution in [1.82, 2.24) is 5.32 Å². The van der Waals surface area contributed by atoms with Crippen LogP contribution in [-0.2, 0) is 10.0 Å². The van der Waals surface area contributed by atoms with Gasteiger partial charge in [0, 0.05) is 18.7 Å². The highest BCUT2D eigenvalue weighted by Gasteiger charge is 2.28. The third kappa shape index (κ3) is 4.02. The smallest absolute Gasteiger partial charge is 0.251 e. The molecule has 2 aromatic carbocycles. The molecule has 1 N–H and O–H groups in total. The van der Waals surface area contributed by atoms with Crippen LogP contribution in [0.3, 0.4) is 0 Å². The first kappa shape index (κ1) is 17.5. The van der Waals surface area contributed by atoms with E-state index in [1.807, 2.05) is 30.3 Å². The maximum Gasteiger partial charge on any atom is 0.251 e. The van der Waals surface area contributed by atoms with Crippen LogP contribution in [0, 0.1) is 0 Å². The van der Waals surface area contributed by atoms with E-state index in [2.05, 4.69) is 12.2 Å². The summed E-state index contributed by atoms with van der Waals surface area (Å²) in [5, 5.41) is 2.93. The highest BCUT2D eigenvalue weighted by atomic mass is 32.2. The Kier molecular flexibility index (Phi) is 5.08. The van der Waals surface area contributed by atoms with Crippen LogP contribution in [0.25, 0.3) is 0 Å². The molecule has 0 bridgehead atoms. The van der Waals surface area contributed by atoms with Crippen LogP contribution in [0.2, 0.25) is 0 Å². The van der Waals surface area contributed by atoms with E-state index in [1.54, 1.807) is 24.3 Å². The molecule has 0 aliphatic carbocycles. The molecule has 0 saturated carbocycles. The van der Waals surface area contributed by atoms with Crippen molar-refractivity contribution < 1.29 is 13.2 Å². The van der Waals surface area contributed by atoms with Crippen molar-refractivity contribution in [3.05, 3.63) is 65.7 Å². The van der Waals surface area contributed by atoms with Crippen molar-refractivity contribution in [2.24, 2.45) is 0 Å². The van der Waals surface area contributed by atoms with E-state index in [-0.39, 0.29) is 17.6 Å². The molecule has 1 fully saturated rings. The summed E-state index contributed by atoms with van der Waals surface area (Å²) < 4.78 is 25.3. The van der Waals surface area contributed by atoms with Gasteiger partial charge in [0.15, 0.2) is 0 Å². The first-order valence-electron chi connectivity index (χ1n) is 8.41. The SMILES string of the molecule is C[C@@H](CNC(=O)c1ccc(N2CCCS2(=O)=O)cc1)c1ccccc1. The lowest BCUT2D eigenvalue weighted by Gasteiger charge is -2.17. The molecule has 6 heteroatoms. The predicted octanol–water partition coefficient (Wildman–Crippen LogP) is 2.76. The molecule has 0 aromatic heterocycles. The topological polar surface area (TPSA) is 66.5 Å². The van der Waals surface area contributed by atoms with Crippen LogP contribution >= 0.6 is 0 Å². The first-order valence-corrected chi connectivity index (χ1v) is 10.0. The van der Waals surface area contributed by atoms with Gasteiger partial charge in [-0.2, -0.15) is 0 Å². The van der Waals surface area contributed by atoms with Gasteiger partial charge < -0.3 is 5.32 Å². The van der Waals surface area contributed by atoms with E-state index in [0.717, 1.165) is 0 Å². The zero-order valence-electron chi connectivity index (χ0n) is 14.2. The lowest BCUT2D eigenvalue weighted by Crippen LogP contribution is -2.28. The number of rotatable bonds is 5. The van der Waals surface area contributed by atoms with Gasteiger partial charge in [0.25, 0.3) is 5.91 Å². The highest BCUT2D eigenvalue weighted by molar-refractivity contribution is 7.93. The Morgan fingerprint density at radius 1 is 1.12 bits per heavy atom. The highest BCUT2D eigenvalue weighted by Crippen LogP contribution is 2.24. The summed E-state index contributed by atoms with van der Waals surface area (Å²) in [6, 6.07) is 16.8. The van der Waals surface area contributed by atoms with Gasteiger partial charge in [-0.05, 0) is 42.2 Å². The molecule has 132 valence electrons. The third-order valence-corrected chi connectivity index (χ3v) is 6.32. The van der Waals surface area contributed by atoms with Crippen LogP contribution in [-0.4, -0.2) is 33.2 Å². The van der Waals surface area contributed by atoms with E-state index < -0.39 is 10.0 Å². The summed E-state index contributed by atoms with van der Waals surface area (Å²) in [5.41, 5.74) is 2.32. The zero-order valence-corrected chi connectivity index (χ0v) is 15.0. The third-order valence-electron chi connectivity index (χ3n) is 4.45. The molecule has 0 spiro atoms. The Hall–Kier alpha value is -2.34. The van der Waals surface area contributed by atoms with Gasteiger partial charge >= 0.3 is 0 Å². The van der Waals surface area contributed by atoms with Gasteiger partial charge in [0.1, 0.15) is 0 Å². The standard InChI is InChI=1S/C19H22N2O3S/c1-15(16-6-3-2-4-7-16)14-20-19(22)17-8-10-18(11-9-17)21-12-5-13-25(21,23)24/h2-4,6-11,15H,5,12-14H2,1H3,(H,20,22)/t15-/m0/s1. The minimum absolute atomic E-state index is 0.154.